The van der Waals surface area contributed by atoms with Crippen molar-refractivity contribution in [3.8, 4) is 5.75 Å². The molecule has 100 valence electrons. The molecule has 0 heterocycles. The van der Waals surface area contributed by atoms with Crippen molar-refractivity contribution in [3.63, 3.8) is 0 Å². The number of hydrogen-bond acceptors (Lipinski definition) is 3. The minimum absolute atomic E-state index is 0.186. The summed E-state index contributed by atoms with van der Waals surface area (Å²) in [5.41, 5.74) is 0. The van der Waals surface area contributed by atoms with Gasteiger partial charge in [0.25, 0.3) is 0 Å². The van der Waals surface area contributed by atoms with E-state index in [1.807, 2.05) is 0 Å². The van der Waals surface area contributed by atoms with Crippen LogP contribution in [0.25, 0.3) is 0 Å². The number of hydrogen-bond donors (Lipinski definition) is 0. The lowest BCUT2D eigenvalue weighted by Gasteiger charge is -2.16. The van der Waals surface area contributed by atoms with E-state index in [4.69, 9.17) is 0 Å². The van der Waals surface area contributed by atoms with Crippen molar-refractivity contribution in [1.29, 1.82) is 0 Å². The quantitative estimate of drug-likeness (QED) is 0.479. The van der Waals surface area contributed by atoms with Crippen LogP contribution in [0.2, 0.25) is 0 Å². The van der Waals surface area contributed by atoms with Crippen molar-refractivity contribution in [1.82, 2.24) is 0 Å². The van der Waals surface area contributed by atoms with E-state index in [1.54, 1.807) is 0 Å². The van der Waals surface area contributed by atoms with E-state index >= 15 is 0 Å². The van der Waals surface area contributed by atoms with Crippen LogP contribution in [0, 0.1) is 17.5 Å². The van der Waals surface area contributed by atoms with Gasteiger partial charge >= 0.3 is 12.1 Å². The predicted molar refractivity (Wildman–Crippen MR) is 48.5 cm³/mol. The zero-order valence-corrected chi connectivity index (χ0v) is 8.98. The second kappa shape index (κ2) is 5.19. The Bertz CT molecular complexity index is 438. The van der Waals surface area contributed by atoms with Crippen molar-refractivity contribution >= 4 is 5.97 Å². The molecule has 0 saturated carbocycles. The largest absolute Gasteiger partial charge is 0.502 e. The Morgan fingerprint density at radius 3 is 2.17 bits per heavy atom. The summed E-state index contributed by atoms with van der Waals surface area (Å²) in [6, 6.07) is 0.372. The van der Waals surface area contributed by atoms with E-state index in [9.17, 15) is 26.7 Å². The van der Waals surface area contributed by atoms with E-state index in [1.165, 1.54) is 6.92 Å². The van der Waals surface area contributed by atoms with Crippen LogP contribution in [0.5, 0.6) is 5.75 Å². The van der Waals surface area contributed by atoms with E-state index in [0.717, 1.165) is 0 Å². The number of carbonyl (C=O) groups excluding carboxylic acids is 1. The van der Waals surface area contributed by atoms with Gasteiger partial charge in [-0.15, -0.1) is 0 Å². The fraction of sp³-hybridized carbons (Fsp3) is 0.300. The second-order valence-electron chi connectivity index (χ2n) is 3.04. The van der Waals surface area contributed by atoms with Gasteiger partial charge in [-0.25, -0.2) is 18.0 Å². The normalized spacial score (nSPS) is 11.2. The van der Waals surface area contributed by atoms with Crippen LogP contribution < -0.4 is 4.74 Å². The Morgan fingerprint density at radius 1 is 1.22 bits per heavy atom. The lowest BCUT2D eigenvalue weighted by molar-refractivity contribution is -0.216. The van der Waals surface area contributed by atoms with Crippen molar-refractivity contribution in [2.24, 2.45) is 0 Å². The van der Waals surface area contributed by atoms with Gasteiger partial charge in [-0.3, -0.25) is 0 Å². The predicted octanol–water partition coefficient (Wildman–Crippen LogP) is 2.64. The highest BCUT2D eigenvalue weighted by Crippen LogP contribution is 2.26. The van der Waals surface area contributed by atoms with Crippen LogP contribution >= 0.6 is 0 Å². The fourth-order valence-corrected chi connectivity index (χ4v) is 0.996. The van der Waals surface area contributed by atoms with Crippen LogP contribution in [0.1, 0.15) is 6.92 Å². The molecule has 0 aliphatic rings. The number of ether oxygens (including phenoxy) is 2. The molecule has 0 aliphatic carbocycles. The summed E-state index contributed by atoms with van der Waals surface area (Å²) in [6.45, 7) is 0.954. The first-order chi connectivity index (χ1) is 8.27. The smallest absolute Gasteiger partial charge is 0.459 e. The Morgan fingerprint density at radius 2 is 1.72 bits per heavy atom. The average molecular weight is 270 g/mol. The molecule has 0 atom stereocenters. The molecule has 0 saturated heterocycles. The number of carbonyl (C=O) groups is 1. The van der Waals surface area contributed by atoms with Gasteiger partial charge in [0.05, 0.1) is 6.61 Å². The van der Waals surface area contributed by atoms with Gasteiger partial charge < -0.3 is 9.47 Å². The third-order valence-corrected chi connectivity index (χ3v) is 1.72. The van der Waals surface area contributed by atoms with Crippen LogP contribution in [0.4, 0.5) is 22.0 Å². The Hall–Kier alpha value is -1.86. The molecule has 0 fully saturated rings. The third-order valence-electron chi connectivity index (χ3n) is 1.72. The molecule has 8 heteroatoms. The minimum atomic E-state index is -4.42. The number of halogens is 5. The van der Waals surface area contributed by atoms with Crippen molar-refractivity contribution in [2.75, 3.05) is 6.61 Å². The molecule has 18 heavy (non-hydrogen) atoms. The Labute approximate surface area is 98.1 Å². The number of rotatable bonds is 4. The SMILES string of the molecule is CCOC(=O)C(F)(F)Oc1cc(F)c(F)c(F)c1. The molecule has 0 amide bonds. The monoisotopic (exact) mass is 270 g/mol. The molecule has 0 unspecified atom stereocenters. The zero-order valence-electron chi connectivity index (χ0n) is 8.98. The maximum atomic E-state index is 13.0. The summed E-state index contributed by atoms with van der Waals surface area (Å²) in [5, 5.41) is 0. The van der Waals surface area contributed by atoms with Gasteiger partial charge in [-0.1, -0.05) is 0 Å². The van der Waals surface area contributed by atoms with E-state index in [-0.39, 0.29) is 18.7 Å². The molecule has 0 aliphatic heterocycles. The molecule has 1 aromatic carbocycles. The molecule has 1 aromatic rings. The lowest BCUT2D eigenvalue weighted by atomic mass is 10.3. The summed E-state index contributed by atoms with van der Waals surface area (Å²) >= 11 is 0. The first-order valence-corrected chi connectivity index (χ1v) is 4.66. The maximum absolute atomic E-state index is 13.0. The minimum Gasteiger partial charge on any atom is -0.459 e. The summed E-state index contributed by atoms with van der Waals surface area (Å²) in [5.74, 6) is -8.32. The maximum Gasteiger partial charge on any atom is 0.502 e. The topological polar surface area (TPSA) is 35.5 Å². The van der Waals surface area contributed by atoms with Gasteiger partial charge in [-0.05, 0) is 6.92 Å². The highest BCUT2D eigenvalue weighted by atomic mass is 19.3. The van der Waals surface area contributed by atoms with Gasteiger partial charge in [0.1, 0.15) is 5.75 Å². The van der Waals surface area contributed by atoms with Crippen LogP contribution in [0.15, 0.2) is 12.1 Å². The molecule has 0 radical (unpaired) electrons. The first kappa shape index (κ1) is 14.2. The number of benzene rings is 1. The molecule has 0 N–H and O–H groups in total. The summed E-state index contributed by atoms with van der Waals surface area (Å²) in [6.07, 6.45) is -4.42. The summed E-state index contributed by atoms with van der Waals surface area (Å²) in [7, 11) is 0. The molecule has 0 aromatic heterocycles. The first-order valence-electron chi connectivity index (χ1n) is 4.66. The number of alkyl halides is 2. The van der Waals surface area contributed by atoms with Crippen molar-refractivity contribution in [2.45, 2.75) is 13.0 Å². The molecular formula is C10H7F5O3. The summed E-state index contributed by atoms with van der Waals surface area (Å²) in [4.78, 5) is 10.7. The van der Waals surface area contributed by atoms with Gasteiger partial charge in [0, 0.05) is 12.1 Å². The third kappa shape index (κ3) is 3.08. The lowest BCUT2D eigenvalue weighted by Crippen LogP contribution is -2.37. The highest BCUT2D eigenvalue weighted by molar-refractivity contribution is 5.76. The number of esters is 1. The Kier molecular flexibility index (Phi) is 4.10. The zero-order chi connectivity index (χ0) is 13.9. The average Bonchev–Trinajstić information content (AvgIpc) is 2.25. The fourth-order valence-electron chi connectivity index (χ4n) is 0.996. The van der Waals surface area contributed by atoms with Crippen LogP contribution in [-0.2, 0) is 9.53 Å². The standard InChI is InChI=1S/C10H7F5O3/c1-2-17-9(16)10(14,15)18-5-3-6(11)8(13)7(12)4-5/h3-4H,2H2,1H3. The van der Waals surface area contributed by atoms with Crippen molar-refractivity contribution < 1.29 is 36.2 Å². The molecule has 1 rings (SSSR count). The molecule has 0 bridgehead atoms. The van der Waals surface area contributed by atoms with Crippen LogP contribution in [-0.4, -0.2) is 18.7 Å². The van der Waals surface area contributed by atoms with E-state index in [0.29, 0.717) is 0 Å². The van der Waals surface area contributed by atoms with Gasteiger partial charge in [0.15, 0.2) is 17.5 Å². The van der Waals surface area contributed by atoms with Gasteiger partial charge in [-0.2, -0.15) is 8.78 Å². The van der Waals surface area contributed by atoms with E-state index in [2.05, 4.69) is 9.47 Å². The second-order valence-corrected chi connectivity index (χ2v) is 3.04. The molecular weight excluding hydrogens is 263 g/mol. The highest BCUT2D eigenvalue weighted by Gasteiger charge is 2.44. The molecule has 3 nitrogen and oxygen atoms in total. The summed E-state index contributed by atoms with van der Waals surface area (Å²) < 4.78 is 71.8. The van der Waals surface area contributed by atoms with E-state index < -0.39 is 35.3 Å². The Balaban J connectivity index is 2.94. The molecule has 0 spiro atoms. The van der Waals surface area contributed by atoms with Crippen LogP contribution in [0.3, 0.4) is 0 Å². The van der Waals surface area contributed by atoms with Crippen molar-refractivity contribution in [3.05, 3.63) is 29.6 Å². The van der Waals surface area contributed by atoms with Gasteiger partial charge in [0.2, 0.25) is 0 Å².